The summed E-state index contributed by atoms with van der Waals surface area (Å²) in [5.74, 6) is 0.754. The Balaban J connectivity index is 1.47. The molecule has 164 valence electrons. The highest BCUT2D eigenvalue weighted by Crippen LogP contribution is 2.28. The average molecular weight is 450 g/mol. The summed E-state index contributed by atoms with van der Waals surface area (Å²) in [5.41, 5.74) is 2.52. The number of fused-ring (bicyclic) bond motifs is 1. The molecular formula is C22H23N7O2S. The maximum Gasteiger partial charge on any atom is 0.266 e. The molecule has 0 saturated carbocycles. The Bertz CT molecular complexity index is 1350. The van der Waals surface area contributed by atoms with E-state index in [1.807, 2.05) is 42.5 Å². The Morgan fingerprint density at radius 2 is 1.47 bits per heavy atom. The van der Waals surface area contributed by atoms with Gasteiger partial charge in [-0.3, -0.25) is 9.40 Å². The maximum absolute atomic E-state index is 13.0. The molecular weight excluding hydrogens is 426 g/mol. The molecule has 3 heterocycles. The van der Waals surface area contributed by atoms with Crippen molar-refractivity contribution in [1.82, 2.24) is 19.7 Å². The van der Waals surface area contributed by atoms with Gasteiger partial charge in [-0.2, -0.15) is 5.10 Å². The van der Waals surface area contributed by atoms with Crippen molar-refractivity contribution in [2.75, 3.05) is 40.7 Å². The maximum atomic E-state index is 13.0. The quantitative estimate of drug-likeness (QED) is 0.500. The number of nitrogens with one attached hydrogen (secondary N) is 1. The van der Waals surface area contributed by atoms with Crippen LogP contribution in [0, 0.1) is 0 Å². The number of benzene rings is 2. The van der Waals surface area contributed by atoms with Crippen LogP contribution in [0.15, 0.2) is 71.9 Å². The second-order valence-electron chi connectivity index (χ2n) is 7.65. The summed E-state index contributed by atoms with van der Waals surface area (Å²) in [4.78, 5) is 13.9. The van der Waals surface area contributed by atoms with Crippen LogP contribution in [0.25, 0.3) is 11.0 Å². The molecule has 0 radical (unpaired) electrons. The van der Waals surface area contributed by atoms with Crippen LogP contribution in [0.1, 0.15) is 0 Å². The lowest BCUT2D eigenvalue weighted by Crippen LogP contribution is -2.47. The van der Waals surface area contributed by atoms with Crippen LogP contribution in [0.2, 0.25) is 0 Å². The van der Waals surface area contributed by atoms with Gasteiger partial charge >= 0.3 is 0 Å². The van der Waals surface area contributed by atoms with E-state index >= 15 is 0 Å². The zero-order valence-corrected chi connectivity index (χ0v) is 18.4. The van der Waals surface area contributed by atoms with Crippen LogP contribution in [0.5, 0.6) is 0 Å². The molecule has 0 atom stereocenters. The Morgan fingerprint density at radius 3 is 2.12 bits per heavy atom. The number of sulfonamides is 1. The molecule has 10 heteroatoms. The van der Waals surface area contributed by atoms with Gasteiger partial charge < -0.3 is 9.80 Å². The molecule has 0 spiro atoms. The molecule has 0 aliphatic carbocycles. The monoisotopic (exact) mass is 449 g/mol. The van der Waals surface area contributed by atoms with Gasteiger partial charge in [-0.25, -0.2) is 18.4 Å². The Labute approximate surface area is 186 Å². The summed E-state index contributed by atoms with van der Waals surface area (Å²) in [6.45, 7) is 2.99. The summed E-state index contributed by atoms with van der Waals surface area (Å²) in [6.07, 6.45) is 2.77. The minimum absolute atomic E-state index is 0.0785. The van der Waals surface area contributed by atoms with Crippen molar-refractivity contribution in [3.8, 4) is 0 Å². The van der Waals surface area contributed by atoms with Gasteiger partial charge in [0, 0.05) is 45.1 Å². The highest BCUT2D eigenvalue weighted by molar-refractivity contribution is 7.92. The summed E-state index contributed by atoms with van der Waals surface area (Å²) in [7, 11) is -2.18. The third-order valence-electron chi connectivity index (χ3n) is 5.48. The third-order valence-corrected chi connectivity index (χ3v) is 6.77. The molecule has 1 aliphatic heterocycles. The summed E-state index contributed by atoms with van der Waals surface area (Å²) >= 11 is 0. The van der Waals surface area contributed by atoms with Crippen molar-refractivity contribution in [3.63, 3.8) is 0 Å². The molecule has 5 rings (SSSR count). The lowest BCUT2D eigenvalue weighted by atomic mass is 10.2. The van der Waals surface area contributed by atoms with Gasteiger partial charge in [0.2, 0.25) is 0 Å². The van der Waals surface area contributed by atoms with Gasteiger partial charge in [-0.05, 0) is 24.3 Å². The number of hydrogen-bond acceptors (Lipinski definition) is 7. The van der Waals surface area contributed by atoms with Crippen LogP contribution in [-0.4, -0.2) is 54.3 Å². The number of nitrogens with zero attached hydrogens (tertiary/aromatic N) is 6. The smallest absolute Gasteiger partial charge is 0.266 e. The van der Waals surface area contributed by atoms with Gasteiger partial charge in [0.15, 0.2) is 11.6 Å². The largest absolute Gasteiger partial charge is 0.368 e. The van der Waals surface area contributed by atoms with E-state index in [4.69, 9.17) is 4.98 Å². The van der Waals surface area contributed by atoms with Crippen LogP contribution in [0.3, 0.4) is 0 Å². The van der Waals surface area contributed by atoms with Gasteiger partial charge in [0.1, 0.15) is 4.90 Å². The summed E-state index contributed by atoms with van der Waals surface area (Å²) in [6, 6.07) is 17.7. The lowest BCUT2D eigenvalue weighted by Gasteiger charge is -2.37. The second kappa shape index (κ2) is 8.12. The number of rotatable bonds is 5. The molecule has 32 heavy (non-hydrogen) atoms. The Kier molecular flexibility index (Phi) is 5.14. The van der Waals surface area contributed by atoms with Crippen LogP contribution < -0.4 is 14.5 Å². The fraction of sp³-hybridized carbons (Fsp3) is 0.227. The van der Waals surface area contributed by atoms with Crippen molar-refractivity contribution in [2.45, 2.75) is 4.90 Å². The lowest BCUT2D eigenvalue weighted by molar-refractivity contribution is 0.600. The first kappa shape index (κ1) is 20.3. The first-order chi connectivity index (χ1) is 15.5. The number of piperazine rings is 1. The fourth-order valence-electron chi connectivity index (χ4n) is 3.82. The average Bonchev–Trinajstić information content (AvgIpc) is 3.26. The van der Waals surface area contributed by atoms with Crippen molar-refractivity contribution in [2.24, 2.45) is 7.05 Å². The molecule has 4 aromatic rings. The van der Waals surface area contributed by atoms with E-state index in [0.29, 0.717) is 24.4 Å². The second-order valence-corrected chi connectivity index (χ2v) is 9.33. The van der Waals surface area contributed by atoms with Crippen molar-refractivity contribution < 1.29 is 8.42 Å². The molecule has 1 N–H and O–H groups in total. The van der Waals surface area contributed by atoms with E-state index in [1.165, 1.54) is 22.8 Å². The highest BCUT2D eigenvalue weighted by atomic mass is 32.2. The Morgan fingerprint density at radius 1 is 0.844 bits per heavy atom. The number of anilines is 3. The standard InChI is InChI=1S/C22H23N7O2S/c1-27-16-18(15-23-27)32(30,31)26-21-22(25-20-10-6-5-9-19(20)24-21)29-13-11-28(12-14-29)17-7-3-2-4-8-17/h2-10,15-16H,11-14H2,1H3,(H,24,26). The first-order valence-corrected chi connectivity index (χ1v) is 11.8. The molecule has 2 aromatic heterocycles. The number of hydrogen-bond donors (Lipinski definition) is 1. The predicted molar refractivity (Wildman–Crippen MR) is 124 cm³/mol. The van der Waals surface area contributed by atoms with Gasteiger partial charge in [0.25, 0.3) is 10.0 Å². The zero-order chi connectivity index (χ0) is 22.1. The van der Waals surface area contributed by atoms with E-state index in [2.05, 4.69) is 36.7 Å². The van der Waals surface area contributed by atoms with E-state index in [1.54, 1.807) is 7.05 Å². The van der Waals surface area contributed by atoms with Crippen LogP contribution in [0.4, 0.5) is 17.3 Å². The topological polar surface area (TPSA) is 96.2 Å². The minimum atomic E-state index is -3.85. The molecule has 1 fully saturated rings. The fourth-order valence-corrected chi connectivity index (χ4v) is 4.81. The van der Waals surface area contributed by atoms with Crippen molar-refractivity contribution >= 4 is 38.4 Å². The summed E-state index contributed by atoms with van der Waals surface area (Å²) in [5, 5.41) is 3.97. The molecule has 0 unspecified atom stereocenters. The van der Waals surface area contributed by atoms with Crippen LogP contribution in [-0.2, 0) is 17.1 Å². The van der Waals surface area contributed by atoms with E-state index in [9.17, 15) is 8.42 Å². The zero-order valence-electron chi connectivity index (χ0n) is 17.6. The summed E-state index contributed by atoms with van der Waals surface area (Å²) < 4.78 is 30.0. The van der Waals surface area contributed by atoms with Crippen LogP contribution >= 0.6 is 0 Å². The number of aromatic nitrogens is 4. The predicted octanol–water partition coefficient (Wildman–Crippen LogP) is 2.49. The molecule has 0 amide bonds. The van der Waals surface area contributed by atoms with Crippen molar-refractivity contribution in [1.29, 1.82) is 0 Å². The molecule has 0 bridgehead atoms. The van der Waals surface area contributed by atoms with E-state index < -0.39 is 10.0 Å². The highest BCUT2D eigenvalue weighted by Gasteiger charge is 2.25. The molecule has 9 nitrogen and oxygen atoms in total. The SMILES string of the molecule is Cn1cc(S(=O)(=O)Nc2nc3ccccc3nc2N2CCN(c3ccccc3)CC2)cn1. The Hall–Kier alpha value is -3.66. The number of aryl methyl sites for hydroxylation is 1. The molecule has 1 aliphatic rings. The third kappa shape index (κ3) is 3.96. The van der Waals surface area contributed by atoms with Gasteiger partial charge in [0.05, 0.1) is 17.2 Å². The first-order valence-electron chi connectivity index (χ1n) is 10.3. The van der Waals surface area contributed by atoms with Crippen molar-refractivity contribution in [3.05, 3.63) is 67.0 Å². The molecule has 1 saturated heterocycles. The molecule has 2 aromatic carbocycles. The van der Waals surface area contributed by atoms with Gasteiger partial charge in [-0.15, -0.1) is 0 Å². The van der Waals surface area contributed by atoms with E-state index in [0.717, 1.165) is 18.6 Å². The number of para-hydroxylation sites is 3. The minimum Gasteiger partial charge on any atom is -0.368 e. The van der Waals surface area contributed by atoms with E-state index in [-0.39, 0.29) is 10.7 Å². The normalized spacial score (nSPS) is 14.7. The van der Waals surface area contributed by atoms with Gasteiger partial charge in [-0.1, -0.05) is 30.3 Å².